The summed E-state index contributed by atoms with van der Waals surface area (Å²) in [6.45, 7) is 2.28. The molecule has 0 aromatic heterocycles. The molecule has 7 nitrogen and oxygen atoms in total. The van der Waals surface area contributed by atoms with E-state index in [2.05, 4.69) is 10.6 Å². The first-order chi connectivity index (χ1) is 15.0. The molecule has 0 saturated carbocycles. The monoisotopic (exact) mass is 418 g/mol. The van der Waals surface area contributed by atoms with Crippen LogP contribution in [0.3, 0.4) is 0 Å². The highest BCUT2D eigenvalue weighted by molar-refractivity contribution is 6.04. The third kappa shape index (κ3) is 6.43. The number of carbonyl (C=O) groups excluding carboxylic acids is 3. The number of rotatable bonds is 7. The van der Waals surface area contributed by atoms with E-state index in [1.807, 2.05) is 30.3 Å². The summed E-state index contributed by atoms with van der Waals surface area (Å²) in [7, 11) is 0. The molecule has 0 saturated heterocycles. The topological polar surface area (TPSA) is 93.7 Å². The molecule has 7 heteroatoms. The van der Waals surface area contributed by atoms with Gasteiger partial charge >= 0.3 is 6.16 Å². The zero-order valence-corrected chi connectivity index (χ0v) is 17.0. The van der Waals surface area contributed by atoms with Gasteiger partial charge in [-0.1, -0.05) is 30.3 Å². The number of carbonyl (C=O) groups is 3. The second-order valence-electron chi connectivity index (χ2n) is 6.51. The zero-order valence-electron chi connectivity index (χ0n) is 17.0. The Kier molecular flexibility index (Phi) is 7.37. The molecule has 0 spiro atoms. The minimum atomic E-state index is -0.792. The van der Waals surface area contributed by atoms with Crippen molar-refractivity contribution in [1.82, 2.24) is 5.32 Å². The van der Waals surface area contributed by atoms with Crippen LogP contribution in [-0.2, 0) is 11.3 Å². The van der Waals surface area contributed by atoms with E-state index < -0.39 is 6.16 Å². The van der Waals surface area contributed by atoms with Crippen molar-refractivity contribution in [2.75, 3.05) is 11.9 Å². The van der Waals surface area contributed by atoms with Crippen molar-refractivity contribution in [3.8, 4) is 5.75 Å². The maximum absolute atomic E-state index is 12.4. The van der Waals surface area contributed by atoms with E-state index in [0.717, 1.165) is 5.56 Å². The third-order valence-electron chi connectivity index (χ3n) is 4.28. The predicted molar refractivity (Wildman–Crippen MR) is 116 cm³/mol. The predicted octanol–water partition coefficient (Wildman–Crippen LogP) is 4.40. The molecule has 0 aliphatic heterocycles. The smallest absolute Gasteiger partial charge is 0.434 e. The van der Waals surface area contributed by atoms with Crippen LogP contribution in [0.4, 0.5) is 10.5 Å². The van der Waals surface area contributed by atoms with Gasteiger partial charge in [-0.05, 0) is 61.0 Å². The van der Waals surface area contributed by atoms with Crippen molar-refractivity contribution in [3.05, 3.63) is 95.6 Å². The molecule has 3 rings (SSSR count). The second-order valence-corrected chi connectivity index (χ2v) is 6.51. The standard InChI is InChI=1S/C24H22N2O5/c1-2-30-24(29)31-21-14-10-19(11-15-21)23(28)26-20-12-8-17(9-13-20)16-25-22(27)18-6-4-3-5-7-18/h3-15H,2,16H2,1H3,(H,25,27)(H,26,28). The van der Waals surface area contributed by atoms with Crippen LogP contribution in [-0.4, -0.2) is 24.6 Å². The molecule has 158 valence electrons. The highest BCUT2D eigenvalue weighted by Gasteiger charge is 2.09. The van der Waals surface area contributed by atoms with Gasteiger partial charge in [-0.15, -0.1) is 0 Å². The molecule has 3 aromatic rings. The van der Waals surface area contributed by atoms with Crippen LogP contribution < -0.4 is 15.4 Å². The fourth-order valence-corrected chi connectivity index (χ4v) is 2.70. The fraction of sp³-hybridized carbons (Fsp3) is 0.125. The quantitative estimate of drug-likeness (QED) is 0.438. The molecule has 0 aliphatic rings. The largest absolute Gasteiger partial charge is 0.513 e. The van der Waals surface area contributed by atoms with Crippen molar-refractivity contribution in [1.29, 1.82) is 0 Å². The summed E-state index contributed by atoms with van der Waals surface area (Å²) in [5.41, 5.74) is 2.54. The Hall–Kier alpha value is -4.13. The lowest BCUT2D eigenvalue weighted by atomic mass is 10.1. The number of hydrogen-bond donors (Lipinski definition) is 2. The van der Waals surface area contributed by atoms with E-state index in [9.17, 15) is 14.4 Å². The molecule has 0 heterocycles. The summed E-state index contributed by atoms with van der Waals surface area (Å²) in [5, 5.41) is 5.65. The Labute approximate surface area is 180 Å². The Morgan fingerprint density at radius 2 is 1.42 bits per heavy atom. The number of hydrogen-bond acceptors (Lipinski definition) is 5. The van der Waals surface area contributed by atoms with Gasteiger partial charge in [0.05, 0.1) is 6.61 Å². The fourth-order valence-electron chi connectivity index (χ4n) is 2.70. The molecule has 0 aliphatic carbocycles. The summed E-state index contributed by atoms with van der Waals surface area (Å²) >= 11 is 0. The first-order valence-corrected chi connectivity index (χ1v) is 9.73. The van der Waals surface area contributed by atoms with Gasteiger partial charge in [-0.2, -0.15) is 0 Å². The Morgan fingerprint density at radius 1 is 0.774 bits per heavy atom. The van der Waals surface area contributed by atoms with E-state index in [1.165, 1.54) is 12.1 Å². The van der Waals surface area contributed by atoms with Crippen molar-refractivity contribution in [2.45, 2.75) is 13.5 Å². The van der Waals surface area contributed by atoms with Crippen LogP contribution in [0.2, 0.25) is 0 Å². The van der Waals surface area contributed by atoms with Crippen molar-refractivity contribution < 1.29 is 23.9 Å². The Bertz CT molecular complexity index is 1030. The normalized spacial score (nSPS) is 10.1. The van der Waals surface area contributed by atoms with Crippen LogP contribution in [0.15, 0.2) is 78.9 Å². The van der Waals surface area contributed by atoms with E-state index >= 15 is 0 Å². The van der Waals surface area contributed by atoms with Crippen LogP contribution in [0.1, 0.15) is 33.2 Å². The summed E-state index contributed by atoms with van der Waals surface area (Å²) in [6, 6.07) is 22.3. The van der Waals surface area contributed by atoms with Crippen LogP contribution in [0.25, 0.3) is 0 Å². The molecule has 2 amide bonds. The average molecular weight is 418 g/mol. The number of ether oxygens (including phenoxy) is 2. The van der Waals surface area contributed by atoms with E-state index in [0.29, 0.717) is 23.4 Å². The van der Waals surface area contributed by atoms with E-state index in [1.54, 1.807) is 43.3 Å². The first kappa shape index (κ1) is 21.6. The number of anilines is 1. The van der Waals surface area contributed by atoms with Gasteiger partial charge in [0.15, 0.2) is 0 Å². The minimum absolute atomic E-state index is 0.145. The van der Waals surface area contributed by atoms with Gasteiger partial charge in [0.1, 0.15) is 5.75 Å². The molecule has 0 unspecified atom stereocenters. The summed E-state index contributed by atoms with van der Waals surface area (Å²) in [4.78, 5) is 35.8. The van der Waals surface area contributed by atoms with E-state index in [4.69, 9.17) is 9.47 Å². The summed E-state index contributed by atoms with van der Waals surface area (Å²) in [5.74, 6) is -0.155. The van der Waals surface area contributed by atoms with Crippen LogP contribution in [0, 0.1) is 0 Å². The molecular weight excluding hydrogens is 396 g/mol. The van der Waals surface area contributed by atoms with Gasteiger partial charge in [-0.25, -0.2) is 4.79 Å². The first-order valence-electron chi connectivity index (χ1n) is 9.73. The highest BCUT2D eigenvalue weighted by Crippen LogP contribution is 2.15. The molecule has 0 radical (unpaired) electrons. The lowest BCUT2D eigenvalue weighted by molar-refractivity contribution is 0.0949. The lowest BCUT2D eigenvalue weighted by Crippen LogP contribution is -2.22. The Morgan fingerprint density at radius 3 is 2.06 bits per heavy atom. The summed E-state index contributed by atoms with van der Waals surface area (Å²) in [6.07, 6.45) is -0.792. The second kappa shape index (κ2) is 10.6. The van der Waals surface area contributed by atoms with Gasteiger partial charge in [0.25, 0.3) is 11.8 Å². The molecule has 0 atom stereocenters. The lowest BCUT2D eigenvalue weighted by Gasteiger charge is -2.09. The van der Waals surface area contributed by atoms with Crippen LogP contribution >= 0.6 is 0 Å². The summed E-state index contributed by atoms with van der Waals surface area (Å²) < 4.78 is 9.67. The van der Waals surface area contributed by atoms with Gasteiger partial charge in [-0.3, -0.25) is 9.59 Å². The van der Waals surface area contributed by atoms with Crippen molar-refractivity contribution >= 4 is 23.7 Å². The van der Waals surface area contributed by atoms with Crippen molar-refractivity contribution in [2.24, 2.45) is 0 Å². The third-order valence-corrected chi connectivity index (χ3v) is 4.28. The number of benzene rings is 3. The molecule has 3 aromatic carbocycles. The number of nitrogens with one attached hydrogen (secondary N) is 2. The highest BCUT2D eigenvalue weighted by atomic mass is 16.7. The molecule has 0 fully saturated rings. The SMILES string of the molecule is CCOC(=O)Oc1ccc(C(=O)Nc2ccc(CNC(=O)c3ccccc3)cc2)cc1. The van der Waals surface area contributed by atoms with Crippen LogP contribution in [0.5, 0.6) is 5.75 Å². The van der Waals surface area contributed by atoms with Gasteiger partial charge < -0.3 is 20.1 Å². The molecule has 2 N–H and O–H groups in total. The van der Waals surface area contributed by atoms with Gasteiger partial charge in [0, 0.05) is 23.4 Å². The van der Waals surface area contributed by atoms with Gasteiger partial charge in [0.2, 0.25) is 0 Å². The van der Waals surface area contributed by atoms with Crippen molar-refractivity contribution in [3.63, 3.8) is 0 Å². The Balaban J connectivity index is 1.51. The molecular formula is C24H22N2O5. The molecule has 31 heavy (non-hydrogen) atoms. The number of amides is 2. The minimum Gasteiger partial charge on any atom is -0.434 e. The maximum atomic E-state index is 12.4. The maximum Gasteiger partial charge on any atom is 0.513 e. The van der Waals surface area contributed by atoms with E-state index in [-0.39, 0.29) is 24.2 Å². The average Bonchev–Trinajstić information content (AvgIpc) is 2.79. The molecule has 0 bridgehead atoms. The zero-order chi connectivity index (χ0) is 22.1.